The van der Waals surface area contributed by atoms with Crippen LogP contribution in [0.3, 0.4) is 0 Å². The van der Waals surface area contributed by atoms with Crippen molar-refractivity contribution in [3.8, 4) is 0 Å². The average molecular weight is 389 g/mol. The third kappa shape index (κ3) is 4.80. The summed E-state index contributed by atoms with van der Waals surface area (Å²) < 4.78 is 49.9. The molecule has 0 bridgehead atoms. The van der Waals surface area contributed by atoms with Gasteiger partial charge in [-0.05, 0) is 37.6 Å². The Morgan fingerprint density at radius 2 is 1.84 bits per heavy atom. The van der Waals surface area contributed by atoms with Gasteiger partial charge in [-0.2, -0.15) is 0 Å². The molecule has 1 aliphatic heterocycles. The van der Waals surface area contributed by atoms with E-state index in [4.69, 9.17) is 0 Å². The Morgan fingerprint density at radius 1 is 1.24 bits per heavy atom. The predicted octanol–water partition coefficient (Wildman–Crippen LogP) is 0.972. The number of rotatable bonds is 6. The van der Waals surface area contributed by atoms with Crippen molar-refractivity contribution in [2.45, 2.75) is 49.4 Å². The molecule has 1 fully saturated rings. The highest BCUT2D eigenvalue weighted by molar-refractivity contribution is 7.96. The van der Waals surface area contributed by atoms with Crippen LogP contribution in [0.15, 0.2) is 29.2 Å². The van der Waals surface area contributed by atoms with Gasteiger partial charge in [0.15, 0.2) is 19.7 Å². The molecule has 2 N–H and O–H groups in total. The zero-order chi connectivity index (χ0) is 18.8. The quantitative estimate of drug-likeness (QED) is 0.752. The van der Waals surface area contributed by atoms with Gasteiger partial charge in [-0.15, -0.1) is 0 Å². The molecule has 0 spiro atoms. The molecule has 1 aromatic carbocycles. The fourth-order valence-corrected chi connectivity index (χ4v) is 7.54. The van der Waals surface area contributed by atoms with Crippen molar-refractivity contribution in [1.82, 2.24) is 5.32 Å². The Bertz CT molecular complexity index is 832. The van der Waals surface area contributed by atoms with E-state index in [0.717, 1.165) is 6.42 Å². The number of hydrogen-bond acceptors (Lipinski definition) is 6. The number of anilines is 1. The summed E-state index contributed by atoms with van der Waals surface area (Å²) >= 11 is 0. The minimum absolute atomic E-state index is 0.0261. The van der Waals surface area contributed by atoms with Crippen LogP contribution in [-0.2, 0) is 24.5 Å². The van der Waals surface area contributed by atoms with Crippen molar-refractivity contribution < 1.29 is 21.6 Å². The second kappa shape index (κ2) is 7.43. The second-order valence-corrected chi connectivity index (χ2v) is 10.8. The van der Waals surface area contributed by atoms with E-state index in [1.54, 1.807) is 0 Å². The number of sulfone groups is 2. The van der Waals surface area contributed by atoms with Gasteiger partial charge >= 0.3 is 0 Å². The Kier molecular flexibility index (Phi) is 5.90. The van der Waals surface area contributed by atoms with E-state index in [1.165, 1.54) is 31.2 Å². The molecule has 1 saturated heterocycles. The lowest BCUT2D eigenvalue weighted by Gasteiger charge is -2.23. The van der Waals surface area contributed by atoms with E-state index < -0.39 is 31.0 Å². The van der Waals surface area contributed by atoms with Crippen LogP contribution in [0.25, 0.3) is 0 Å². The van der Waals surface area contributed by atoms with Crippen LogP contribution >= 0.6 is 0 Å². The molecule has 0 saturated carbocycles. The number of nitrogens with one attached hydrogen (secondary N) is 2. The third-order valence-corrected chi connectivity index (χ3v) is 8.48. The normalized spacial score (nSPS) is 24.0. The van der Waals surface area contributed by atoms with Gasteiger partial charge in [0.2, 0.25) is 5.91 Å². The van der Waals surface area contributed by atoms with Crippen molar-refractivity contribution >= 4 is 31.3 Å². The van der Waals surface area contributed by atoms with Gasteiger partial charge in [0.25, 0.3) is 0 Å². The lowest BCUT2D eigenvalue weighted by molar-refractivity contribution is -0.114. The number of benzene rings is 1. The van der Waals surface area contributed by atoms with Crippen LogP contribution in [0.5, 0.6) is 0 Å². The fourth-order valence-electron chi connectivity index (χ4n) is 2.87. The van der Waals surface area contributed by atoms with Gasteiger partial charge in [0.05, 0.1) is 21.7 Å². The molecule has 3 atom stereocenters. The highest BCUT2D eigenvalue weighted by atomic mass is 32.2. The maximum Gasteiger partial charge on any atom is 0.221 e. The first-order valence-corrected chi connectivity index (χ1v) is 11.5. The number of hydrogen-bond donors (Lipinski definition) is 2. The van der Waals surface area contributed by atoms with Crippen molar-refractivity contribution in [2.75, 3.05) is 16.8 Å². The smallest absolute Gasteiger partial charge is 0.221 e. The minimum atomic E-state index is -3.81. The summed E-state index contributed by atoms with van der Waals surface area (Å²) in [7, 11) is -7.22. The third-order valence-electron chi connectivity index (χ3n) is 4.31. The van der Waals surface area contributed by atoms with Crippen LogP contribution < -0.4 is 10.6 Å². The van der Waals surface area contributed by atoms with Crippen LogP contribution in [0, 0.1) is 0 Å². The Labute approximate surface area is 149 Å². The van der Waals surface area contributed by atoms with Gasteiger partial charge in [0, 0.05) is 24.7 Å². The van der Waals surface area contributed by atoms with Gasteiger partial charge in [-0.1, -0.05) is 6.92 Å². The SMILES string of the molecule is CCC(C)NC1CS(=O)(=O)CC1S(=O)(=O)c1ccc(NC(C)=O)cc1. The summed E-state index contributed by atoms with van der Waals surface area (Å²) in [6.45, 7) is 5.21. The molecule has 1 aliphatic rings. The molecule has 25 heavy (non-hydrogen) atoms. The van der Waals surface area contributed by atoms with E-state index >= 15 is 0 Å². The largest absolute Gasteiger partial charge is 0.326 e. The number of amides is 1. The Morgan fingerprint density at radius 3 is 2.36 bits per heavy atom. The van der Waals surface area contributed by atoms with Crippen LogP contribution in [-0.4, -0.2) is 51.6 Å². The zero-order valence-electron chi connectivity index (χ0n) is 14.5. The molecule has 1 aromatic rings. The van der Waals surface area contributed by atoms with Gasteiger partial charge in [-0.3, -0.25) is 4.79 Å². The average Bonchev–Trinajstić information content (AvgIpc) is 2.82. The van der Waals surface area contributed by atoms with Gasteiger partial charge in [-0.25, -0.2) is 16.8 Å². The molecule has 0 radical (unpaired) electrons. The first-order chi connectivity index (χ1) is 11.5. The fraction of sp³-hybridized carbons (Fsp3) is 0.562. The molecule has 3 unspecified atom stereocenters. The van der Waals surface area contributed by atoms with E-state index in [1.807, 2.05) is 13.8 Å². The summed E-state index contributed by atoms with van der Waals surface area (Å²) in [5.41, 5.74) is 0.486. The Balaban J connectivity index is 2.31. The van der Waals surface area contributed by atoms with E-state index in [0.29, 0.717) is 5.69 Å². The molecule has 1 amide bonds. The van der Waals surface area contributed by atoms with Crippen molar-refractivity contribution in [1.29, 1.82) is 0 Å². The molecule has 2 rings (SSSR count). The van der Waals surface area contributed by atoms with Crippen LogP contribution in [0.4, 0.5) is 5.69 Å². The highest BCUT2D eigenvalue weighted by Gasteiger charge is 2.45. The second-order valence-electron chi connectivity index (χ2n) is 6.45. The summed E-state index contributed by atoms with van der Waals surface area (Å²) in [6, 6.07) is 5.18. The molecular formula is C16H24N2O5S2. The topological polar surface area (TPSA) is 109 Å². The maximum absolute atomic E-state index is 12.9. The van der Waals surface area contributed by atoms with Crippen molar-refractivity contribution in [3.05, 3.63) is 24.3 Å². The predicted molar refractivity (Wildman–Crippen MR) is 97.1 cm³/mol. The lowest BCUT2D eigenvalue weighted by Crippen LogP contribution is -2.46. The standard InChI is InChI=1S/C16H24N2O5S2/c1-4-11(2)17-15-9-24(20,21)10-16(15)25(22,23)14-7-5-13(6-8-14)18-12(3)19/h5-8,11,15-17H,4,9-10H2,1-3H3,(H,18,19). The molecular weight excluding hydrogens is 364 g/mol. The first kappa shape index (κ1) is 19.9. The van der Waals surface area contributed by atoms with Crippen molar-refractivity contribution in [3.63, 3.8) is 0 Å². The number of carbonyl (C=O) groups is 1. The molecule has 1 heterocycles. The maximum atomic E-state index is 12.9. The van der Waals surface area contributed by atoms with Gasteiger partial charge < -0.3 is 10.6 Å². The van der Waals surface area contributed by atoms with Crippen molar-refractivity contribution in [2.24, 2.45) is 0 Å². The lowest BCUT2D eigenvalue weighted by atomic mass is 10.2. The van der Waals surface area contributed by atoms with E-state index in [2.05, 4.69) is 10.6 Å². The molecule has 0 aromatic heterocycles. The Hall–Kier alpha value is -1.45. The highest BCUT2D eigenvalue weighted by Crippen LogP contribution is 2.27. The molecule has 7 nitrogen and oxygen atoms in total. The summed E-state index contributed by atoms with van der Waals surface area (Å²) in [5, 5.41) is 4.68. The zero-order valence-corrected chi connectivity index (χ0v) is 16.2. The minimum Gasteiger partial charge on any atom is -0.326 e. The van der Waals surface area contributed by atoms with E-state index in [9.17, 15) is 21.6 Å². The molecule has 140 valence electrons. The number of carbonyl (C=O) groups excluding carboxylic acids is 1. The van der Waals surface area contributed by atoms with Crippen LogP contribution in [0.1, 0.15) is 27.2 Å². The summed E-state index contributed by atoms with van der Waals surface area (Å²) in [4.78, 5) is 11.1. The summed E-state index contributed by atoms with van der Waals surface area (Å²) in [6.07, 6.45) is 0.773. The van der Waals surface area contributed by atoms with E-state index in [-0.39, 0.29) is 28.4 Å². The molecule has 9 heteroatoms. The monoisotopic (exact) mass is 388 g/mol. The molecule has 0 aliphatic carbocycles. The first-order valence-electron chi connectivity index (χ1n) is 8.13. The van der Waals surface area contributed by atoms with Gasteiger partial charge in [0.1, 0.15) is 0 Å². The van der Waals surface area contributed by atoms with Crippen LogP contribution in [0.2, 0.25) is 0 Å². The summed E-state index contributed by atoms with van der Waals surface area (Å²) in [5.74, 6) is -0.808.